The van der Waals surface area contributed by atoms with Gasteiger partial charge in [-0.15, -0.1) is 0 Å². The molecule has 5 heteroatoms. The molecule has 0 radical (unpaired) electrons. The highest BCUT2D eigenvalue weighted by Crippen LogP contribution is 2.24. The first-order valence-corrected chi connectivity index (χ1v) is 6.97. The fourth-order valence-electron chi connectivity index (χ4n) is 2.33. The van der Waals surface area contributed by atoms with E-state index in [4.69, 9.17) is 9.26 Å². The van der Waals surface area contributed by atoms with Crippen LogP contribution >= 0.6 is 0 Å². The summed E-state index contributed by atoms with van der Waals surface area (Å²) >= 11 is 0. The van der Waals surface area contributed by atoms with E-state index in [1.165, 1.54) is 0 Å². The zero-order valence-corrected chi connectivity index (χ0v) is 11.3. The summed E-state index contributed by atoms with van der Waals surface area (Å²) in [5, 5.41) is 7.54. The molecule has 1 N–H and O–H groups in total. The van der Waals surface area contributed by atoms with Gasteiger partial charge in [0.05, 0.1) is 0 Å². The van der Waals surface area contributed by atoms with Crippen molar-refractivity contribution in [2.45, 2.75) is 51.5 Å². The predicted molar refractivity (Wildman–Crippen MR) is 68.6 cm³/mol. The summed E-state index contributed by atoms with van der Waals surface area (Å²) in [6.07, 6.45) is 3.90. The van der Waals surface area contributed by atoms with Gasteiger partial charge >= 0.3 is 0 Å². The summed E-state index contributed by atoms with van der Waals surface area (Å²) in [4.78, 5) is 4.53. The normalized spacial score (nSPS) is 19.0. The van der Waals surface area contributed by atoms with E-state index < -0.39 is 0 Å². The molecule has 0 aromatic carbocycles. The summed E-state index contributed by atoms with van der Waals surface area (Å²) < 4.78 is 10.7. The Bertz CT molecular complexity index is 348. The van der Waals surface area contributed by atoms with E-state index in [9.17, 15) is 0 Å². The van der Waals surface area contributed by atoms with Gasteiger partial charge in [-0.05, 0) is 25.8 Å². The lowest BCUT2D eigenvalue weighted by atomic mass is 10.00. The van der Waals surface area contributed by atoms with Gasteiger partial charge in [0, 0.05) is 31.6 Å². The first kappa shape index (κ1) is 13.5. The third-order valence-electron chi connectivity index (χ3n) is 3.48. The Morgan fingerprint density at radius 3 is 2.78 bits per heavy atom. The first-order valence-electron chi connectivity index (χ1n) is 6.97. The molecule has 0 saturated carbocycles. The molecule has 1 aromatic heterocycles. The molecule has 102 valence electrons. The summed E-state index contributed by atoms with van der Waals surface area (Å²) in [6.45, 7) is 6.87. The average Bonchev–Trinajstić information content (AvgIpc) is 2.88. The van der Waals surface area contributed by atoms with Gasteiger partial charge in [-0.25, -0.2) is 0 Å². The van der Waals surface area contributed by atoms with E-state index in [0.717, 1.165) is 57.2 Å². The van der Waals surface area contributed by atoms with Crippen molar-refractivity contribution < 1.29 is 9.26 Å². The number of nitrogens with zero attached hydrogens (tertiary/aromatic N) is 2. The number of ether oxygens (including phenoxy) is 1. The van der Waals surface area contributed by atoms with E-state index in [1.54, 1.807) is 0 Å². The minimum atomic E-state index is 0.412. The number of aromatic nitrogens is 2. The third-order valence-corrected chi connectivity index (χ3v) is 3.48. The van der Waals surface area contributed by atoms with Crippen molar-refractivity contribution in [2.24, 2.45) is 0 Å². The molecule has 0 aliphatic carbocycles. The summed E-state index contributed by atoms with van der Waals surface area (Å²) in [7, 11) is 0. The monoisotopic (exact) mass is 253 g/mol. The maximum absolute atomic E-state index is 5.35. The Hall–Kier alpha value is -0.940. The number of hydrogen-bond acceptors (Lipinski definition) is 5. The molecule has 2 heterocycles. The van der Waals surface area contributed by atoms with Crippen molar-refractivity contribution in [1.29, 1.82) is 0 Å². The summed E-state index contributed by atoms with van der Waals surface area (Å²) in [5.41, 5.74) is 0. The number of likely N-dealkylation sites (N-methyl/N-ethyl adjacent to an activating group) is 1. The molecule has 1 fully saturated rings. The van der Waals surface area contributed by atoms with Crippen molar-refractivity contribution in [3.8, 4) is 0 Å². The van der Waals surface area contributed by atoms with Crippen molar-refractivity contribution in [2.75, 3.05) is 19.8 Å². The van der Waals surface area contributed by atoms with Crippen LogP contribution in [0, 0.1) is 0 Å². The molecule has 0 amide bonds. The van der Waals surface area contributed by atoms with E-state index in [2.05, 4.69) is 29.3 Å². The van der Waals surface area contributed by atoms with Crippen molar-refractivity contribution in [3.63, 3.8) is 0 Å². The van der Waals surface area contributed by atoms with E-state index in [1.807, 2.05) is 0 Å². The number of rotatable bonds is 6. The highest BCUT2D eigenvalue weighted by molar-refractivity contribution is 4.97. The molecular weight excluding hydrogens is 230 g/mol. The summed E-state index contributed by atoms with van der Waals surface area (Å²) in [5.74, 6) is 2.03. The van der Waals surface area contributed by atoms with Gasteiger partial charge < -0.3 is 14.6 Å². The average molecular weight is 253 g/mol. The van der Waals surface area contributed by atoms with Crippen LogP contribution < -0.4 is 5.32 Å². The van der Waals surface area contributed by atoms with E-state index in [0.29, 0.717) is 12.0 Å². The van der Waals surface area contributed by atoms with Crippen molar-refractivity contribution in [1.82, 2.24) is 15.5 Å². The maximum atomic E-state index is 5.35. The first-order chi connectivity index (χ1) is 8.83. The van der Waals surface area contributed by atoms with Crippen LogP contribution in [-0.4, -0.2) is 35.9 Å². The van der Waals surface area contributed by atoms with Crippen LogP contribution in [0.1, 0.15) is 50.7 Å². The number of hydrogen-bond donors (Lipinski definition) is 1. The molecule has 1 aliphatic heterocycles. The van der Waals surface area contributed by atoms with Crippen LogP contribution in [0.25, 0.3) is 0 Å². The predicted octanol–water partition coefficient (Wildman–Crippen LogP) is 1.89. The molecule has 1 saturated heterocycles. The molecule has 2 rings (SSSR count). The minimum absolute atomic E-state index is 0.412. The topological polar surface area (TPSA) is 60.2 Å². The fraction of sp³-hybridized carbons (Fsp3) is 0.846. The lowest BCUT2D eigenvalue weighted by Gasteiger charge is -2.18. The minimum Gasteiger partial charge on any atom is -0.381 e. The molecule has 1 unspecified atom stereocenters. The third kappa shape index (κ3) is 3.53. The zero-order valence-electron chi connectivity index (χ0n) is 11.3. The molecule has 1 aliphatic rings. The molecule has 5 nitrogen and oxygen atoms in total. The summed E-state index contributed by atoms with van der Waals surface area (Å²) in [6, 6.07) is 0.429. The van der Waals surface area contributed by atoms with Crippen LogP contribution in [0.3, 0.4) is 0 Å². The van der Waals surface area contributed by atoms with Crippen LogP contribution in [0.5, 0.6) is 0 Å². The van der Waals surface area contributed by atoms with Gasteiger partial charge in [-0.1, -0.05) is 19.0 Å². The maximum Gasteiger partial charge on any atom is 0.228 e. The van der Waals surface area contributed by atoms with Crippen molar-refractivity contribution in [3.05, 3.63) is 11.7 Å². The second-order valence-electron chi connectivity index (χ2n) is 4.80. The Balaban J connectivity index is 1.92. The van der Waals surface area contributed by atoms with Gasteiger partial charge in [0.15, 0.2) is 5.82 Å². The number of nitrogens with one attached hydrogen (secondary N) is 1. The molecule has 18 heavy (non-hydrogen) atoms. The molecule has 0 spiro atoms. The highest BCUT2D eigenvalue weighted by Gasteiger charge is 2.22. The fourth-order valence-corrected chi connectivity index (χ4v) is 2.33. The second-order valence-corrected chi connectivity index (χ2v) is 4.80. The Morgan fingerprint density at radius 2 is 2.11 bits per heavy atom. The lowest BCUT2D eigenvalue weighted by Crippen LogP contribution is -2.30. The SMILES string of the molecule is CCNC(CC)Cc1nc(C2CCOCC2)no1. The lowest BCUT2D eigenvalue weighted by molar-refractivity contribution is 0.0830. The van der Waals surface area contributed by atoms with Gasteiger partial charge in [-0.2, -0.15) is 4.98 Å². The Morgan fingerprint density at radius 1 is 1.33 bits per heavy atom. The van der Waals surface area contributed by atoms with E-state index >= 15 is 0 Å². The Labute approximate surface area is 108 Å². The van der Waals surface area contributed by atoms with Gasteiger partial charge in [0.1, 0.15) is 0 Å². The Kier molecular flexibility index (Phi) is 5.13. The van der Waals surface area contributed by atoms with Crippen LogP contribution in [0.2, 0.25) is 0 Å². The van der Waals surface area contributed by atoms with E-state index in [-0.39, 0.29) is 0 Å². The largest absolute Gasteiger partial charge is 0.381 e. The zero-order chi connectivity index (χ0) is 12.8. The smallest absolute Gasteiger partial charge is 0.228 e. The quantitative estimate of drug-likeness (QED) is 0.839. The van der Waals surface area contributed by atoms with Gasteiger partial charge in [0.2, 0.25) is 5.89 Å². The standard InChI is InChI=1S/C13H23N3O2/c1-3-11(14-4-2)9-12-15-13(16-18-12)10-5-7-17-8-6-10/h10-11,14H,3-9H2,1-2H3. The van der Waals surface area contributed by atoms with Crippen LogP contribution in [-0.2, 0) is 11.2 Å². The van der Waals surface area contributed by atoms with Gasteiger partial charge in [0.25, 0.3) is 0 Å². The molecule has 1 aromatic rings. The molecular formula is C13H23N3O2. The second kappa shape index (κ2) is 6.85. The van der Waals surface area contributed by atoms with Gasteiger partial charge in [-0.3, -0.25) is 0 Å². The van der Waals surface area contributed by atoms with Crippen LogP contribution in [0.4, 0.5) is 0 Å². The molecule has 0 bridgehead atoms. The van der Waals surface area contributed by atoms with Crippen molar-refractivity contribution >= 4 is 0 Å². The highest BCUT2D eigenvalue weighted by atomic mass is 16.5. The molecule has 1 atom stereocenters. The van der Waals surface area contributed by atoms with Crippen LogP contribution in [0.15, 0.2) is 4.52 Å².